The molecule has 1 aromatic carbocycles. The first-order valence-electron chi connectivity index (χ1n) is 6.97. The summed E-state index contributed by atoms with van der Waals surface area (Å²) >= 11 is 0. The minimum atomic E-state index is -0.266. The molecule has 1 fully saturated rings. The average molecular weight is 270 g/mol. The van der Waals surface area contributed by atoms with E-state index in [1.165, 1.54) is 5.56 Å². The van der Waals surface area contributed by atoms with E-state index in [2.05, 4.69) is 29.0 Å². The molecule has 0 N–H and O–H groups in total. The molecular formula is C16H18N2O2. The maximum Gasteiger partial charge on any atom is 0.235 e. The molecule has 0 aliphatic heterocycles. The Morgan fingerprint density at radius 2 is 1.80 bits per heavy atom. The van der Waals surface area contributed by atoms with Gasteiger partial charge in [0.05, 0.1) is 12.1 Å². The highest BCUT2D eigenvalue weighted by atomic mass is 16.1. The van der Waals surface area contributed by atoms with Crippen LogP contribution < -0.4 is 0 Å². The molecular weight excluding hydrogens is 252 g/mol. The monoisotopic (exact) mass is 270 g/mol. The summed E-state index contributed by atoms with van der Waals surface area (Å²) in [5.74, 6) is 0.470. The molecule has 104 valence electrons. The highest BCUT2D eigenvalue weighted by Crippen LogP contribution is 2.38. The van der Waals surface area contributed by atoms with Crippen LogP contribution in [0.4, 0.5) is 0 Å². The van der Waals surface area contributed by atoms with Crippen LogP contribution in [-0.2, 0) is 9.59 Å². The number of isocyanates is 2. The molecule has 1 aliphatic rings. The van der Waals surface area contributed by atoms with Crippen molar-refractivity contribution in [3.8, 4) is 0 Å². The number of aliphatic imine (C=N–C) groups is 2. The molecule has 20 heavy (non-hydrogen) atoms. The van der Waals surface area contributed by atoms with Crippen LogP contribution in [0, 0.1) is 5.92 Å². The van der Waals surface area contributed by atoms with Gasteiger partial charge in [0, 0.05) is 0 Å². The number of hydrogen-bond donors (Lipinski definition) is 0. The summed E-state index contributed by atoms with van der Waals surface area (Å²) in [6.07, 6.45) is 6.01. The number of benzene rings is 1. The lowest BCUT2D eigenvalue weighted by Gasteiger charge is -2.36. The van der Waals surface area contributed by atoms with Crippen molar-refractivity contribution in [2.24, 2.45) is 15.9 Å². The van der Waals surface area contributed by atoms with Gasteiger partial charge < -0.3 is 0 Å². The van der Waals surface area contributed by atoms with Gasteiger partial charge in [0.25, 0.3) is 0 Å². The van der Waals surface area contributed by atoms with E-state index in [4.69, 9.17) is 0 Å². The Labute approximate surface area is 118 Å². The fraction of sp³-hybridized carbons (Fsp3) is 0.500. The van der Waals surface area contributed by atoms with E-state index in [0.29, 0.717) is 0 Å². The summed E-state index contributed by atoms with van der Waals surface area (Å²) in [6.45, 7) is 2.14. The summed E-state index contributed by atoms with van der Waals surface area (Å²) in [4.78, 5) is 29.0. The van der Waals surface area contributed by atoms with Crippen LogP contribution >= 0.6 is 0 Å². The quantitative estimate of drug-likeness (QED) is 0.623. The minimum absolute atomic E-state index is 0.203. The maximum absolute atomic E-state index is 10.7. The van der Waals surface area contributed by atoms with Crippen LogP contribution in [0.3, 0.4) is 0 Å². The Bertz CT molecular complexity index is 531. The summed E-state index contributed by atoms with van der Waals surface area (Å²) in [5, 5.41) is 0. The lowest BCUT2D eigenvalue weighted by molar-refractivity contribution is 0.245. The SMILES string of the molecule is CC(c1ccccc1)C1CCCC(N=C=O)C1N=C=O. The molecule has 4 heteroatoms. The molecule has 2 rings (SSSR count). The predicted octanol–water partition coefficient (Wildman–Crippen LogP) is 3.00. The zero-order valence-electron chi connectivity index (χ0n) is 11.5. The summed E-state index contributed by atoms with van der Waals surface area (Å²) in [5.41, 5.74) is 1.22. The van der Waals surface area contributed by atoms with Gasteiger partial charge in [0.1, 0.15) is 0 Å². The van der Waals surface area contributed by atoms with Gasteiger partial charge in [-0.25, -0.2) is 14.6 Å². The highest BCUT2D eigenvalue weighted by Gasteiger charge is 2.36. The molecule has 0 heterocycles. The van der Waals surface area contributed by atoms with Crippen molar-refractivity contribution in [2.75, 3.05) is 0 Å². The summed E-state index contributed by atoms with van der Waals surface area (Å²) < 4.78 is 0. The third-order valence-corrected chi connectivity index (χ3v) is 4.26. The van der Waals surface area contributed by atoms with Crippen LogP contribution in [-0.4, -0.2) is 24.2 Å². The van der Waals surface area contributed by atoms with Crippen LogP contribution in [0.5, 0.6) is 0 Å². The van der Waals surface area contributed by atoms with Crippen LogP contribution in [0.1, 0.15) is 37.7 Å². The molecule has 4 nitrogen and oxygen atoms in total. The highest BCUT2D eigenvalue weighted by molar-refractivity contribution is 5.37. The van der Waals surface area contributed by atoms with E-state index >= 15 is 0 Å². The minimum Gasteiger partial charge on any atom is -0.211 e. The van der Waals surface area contributed by atoms with E-state index in [0.717, 1.165) is 19.3 Å². The van der Waals surface area contributed by atoms with Crippen LogP contribution in [0.25, 0.3) is 0 Å². The van der Waals surface area contributed by atoms with Crippen molar-refractivity contribution in [3.05, 3.63) is 35.9 Å². The number of hydrogen-bond acceptors (Lipinski definition) is 4. The predicted molar refractivity (Wildman–Crippen MR) is 76.0 cm³/mol. The zero-order valence-corrected chi connectivity index (χ0v) is 11.5. The topological polar surface area (TPSA) is 58.9 Å². The van der Waals surface area contributed by atoms with Gasteiger partial charge >= 0.3 is 0 Å². The zero-order chi connectivity index (χ0) is 14.4. The third-order valence-electron chi connectivity index (χ3n) is 4.26. The first-order valence-corrected chi connectivity index (χ1v) is 6.97. The molecule has 0 spiro atoms. The van der Waals surface area contributed by atoms with Gasteiger partial charge in [-0.15, -0.1) is 0 Å². The summed E-state index contributed by atoms with van der Waals surface area (Å²) in [7, 11) is 0. The molecule has 0 radical (unpaired) electrons. The number of carbonyl (C=O) groups excluding carboxylic acids is 2. The first kappa shape index (κ1) is 14.4. The van der Waals surface area contributed by atoms with Crippen molar-refractivity contribution >= 4 is 12.2 Å². The molecule has 4 atom stereocenters. The van der Waals surface area contributed by atoms with Gasteiger partial charge in [-0.1, -0.05) is 43.7 Å². The largest absolute Gasteiger partial charge is 0.235 e. The van der Waals surface area contributed by atoms with E-state index in [1.54, 1.807) is 12.2 Å². The number of nitrogens with zero attached hydrogens (tertiary/aromatic N) is 2. The second-order valence-electron chi connectivity index (χ2n) is 5.29. The van der Waals surface area contributed by atoms with E-state index in [-0.39, 0.29) is 23.9 Å². The van der Waals surface area contributed by atoms with Crippen molar-refractivity contribution in [2.45, 2.75) is 44.2 Å². The fourth-order valence-corrected chi connectivity index (χ4v) is 3.19. The Morgan fingerprint density at radius 1 is 1.10 bits per heavy atom. The van der Waals surface area contributed by atoms with Crippen LogP contribution in [0.15, 0.2) is 40.3 Å². The van der Waals surface area contributed by atoms with E-state index in [1.807, 2.05) is 18.2 Å². The van der Waals surface area contributed by atoms with Crippen LogP contribution in [0.2, 0.25) is 0 Å². The smallest absolute Gasteiger partial charge is 0.211 e. The molecule has 0 saturated heterocycles. The standard InChI is InChI=1S/C16H18N2O2/c1-12(13-6-3-2-4-7-13)14-8-5-9-15(17-10-19)16(14)18-11-20/h2-4,6-7,12,14-16H,5,8-9H2,1H3. The molecule has 0 amide bonds. The Kier molecular flexibility index (Phi) is 5.00. The van der Waals surface area contributed by atoms with Crippen molar-refractivity contribution in [3.63, 3.8) is 0 Å². The maximum atomic E-state index is 10.7. The van der Waals surface area contributed by atoms with Crippen molar-refractivity contribution in [1.29, 1.82) is 0 Å². The van der Waals surface area contributed by atoms with Gasteiger partial charge in [-0.3, -0.25) is 0 Å². The second-order valence-corrected chi connectivity index (χ2v) is 5.29. The third kappa shape index (κ3) is 3.11. The average Bonchev–Trinajstić information content (AvgIpc) is 2.49. The van der Waals surface area contributed by atoms with E-state index < -0.39 is 0 Å². The Balaban J connectivity index is 2.27. The Hall–Kier alpha value is -2.02. The molecule has 1 aromatic rings. The molecule has 0 aromatic heterocycles. The van der Waals surface area contributed by atoms with Gasteiger partial charge in [-0.2, -0.15) is 4.99 Å². The van der Waals surface area contributed by atoms with Crippen molar-refractivity contribution in [1.82, 2.24) is 0 Å². The van der Waals surface area contributed by atoms with E-state index in [9.17, 15) is 9.59 Å². The second kappa shape index (κ2) is 6.95. The number of rotatable bonds is 4. The Morgan fingerprint density at radius 3 is 2.45 bits per heavy atom. The lowest BCUT2D eigenvalue weighted by atomic mass is 9.73. The normalized spacial score (nSPS) is 26.9. The lowest BCUT2D eigenvalue weighted by Crippen LogP contribution is -2.37. The van der Waals surface area contributed by atoms with Gasteiger partial charge in [-0.05, 0) is 30.2 Å². The first-order chi connectivity index (χ1) is 9.77. The molecule has 0 bridgehead atoms. The summed E-state index contributed by atoms with van der Waals surface area (Å²) in [6, 6.07) is 9.66. The fourth-order valence-electron chi connectivity index (χ4n) is 3.19. The van der Waals surface area contributed by atoms with Gasteiger partial charge in [0.15, 0.2) is 0 Å². The van der Waals surface area contributed by atoms with Crippen molar-refractivity contribution < 1.29 is 9.59 Å². The molecule has 1 saturated carbocycles. The molecule has 1 aliphatic carbocycles. The van der Waals surface area contributed by atoms with Gasteiger partial charge in [0.2, 0.25) is 12.2 Å². The molecule has 4 unspecified atom stereocenters.